The van der Waals surface area contributed by atoms with Crippen LogP contribution in [0.4, 0.5) is 0 Å². The van der Waals surface area contributed by atoms with E-state index in [0.29, 0.717) is 16.8 Å². The van der Waals surface area contributed by atoms with Gasteiger partial charge in [-0.1, -0.05) is 69.4 Å². The number of rotatable bonds is 18. The Morgan fingerprint density at radius 3 is 2.11 bits per heavy atom. The number of likely N-dealkylation sites (N-methyl/N-ethyl adjacent to an activating group) is 1. The topological polar surface area (TPSA) is 116 Å². The van der Waals surface area contributed by atoms with E-state index in [1.165, 1.54) is 24.1 Å². The fourth-order valence-electron chi connectivity index (χ4n) is 2.12. The quantitative estimate of drug-likeness (QED) is 0.175. The lowest BCUT2D eigenvalue weighted by Gasteiger charge is -2.17. The first-order chi connectivity index (χ1) is 13.3. The maximum atomic E-state index is 11.1. The molecule has 0 bridgehead atoms. The Labute approximate surface area is 183 Å². The van der Waals surface area contributed by atoms with Gasteiger partial charge in [-0.05, 0) is 19.9 Å². The standard InChI is InChI=1S/C17H32N2O5S4/c1-4-5-6-7-13(28-27-10-14(18-3)16(21)22)8-9-25-26-11-15(17(23)24)19-12(2)20/h13-15,18H,4-11H2,1-3H3,(H,19,20)(H,21,22)(H,23,24). The molecule has 0 aliphatic heterocycles. The van der Waals surface area contributed by atoms with Gasteiger partial charge in [-0.3, -0.25) is 9.59 Å². The molecule has 0 heterocycles. The molecule has 0 aromatic rings. The molecule has 3 atom stereocenters. The Kier molecular flexibility index (Phi) is 17.5. The molecular formula is C17H32N2O5S4. The second-order valence-corrected chi connectivity index (χ2v) is 11.5. The first kappa shape index (κ1) is 27.8. The van der Waals surface area contributed by atoms with E-state index in [1.807, 2.05) is 0 Å². The van der Waals surface area contributed by atoms with Crippen LogP contribution < -0.4 is 10.6 Å². The molecule has 7 nitrogen and oxygen atoms in total. The Hall–Kier alpha value is -0.230. The van der Waals surface area contributed by atoms with E-state index >= 15 is 0 Å². The monoisotopic (exact) mass is 472 g/mol. The molecule has 0 aliphatic carbocycles. The highest BCUT2D eigenvalue weighted by atomic mass is 33.1. The van der Waals surface area contributed by atoms with Gasteiger partial charge in [-0.2, -0.15) is 0 Å². The maximum absolute atomic E-state index is 11.1. The molecule has 0 saturated carbocycles. The van der Waals surface area contributed by atoms with E-state index in [2.05, 4.69) is 17.6 Å². The summed E-state index contributed by atoms with van der Waals surface area (Å²) in [4.78, 5) is 33.2. The van der Waals surface area contributed by atoms with Crippen LogP contribution in [0.25, 0.3) is 0 Å². The van der Waals surface area contributed by atoms with Crippen molar-refractivity contribution >= 4 is 61.0 Å². The molecule has 0 rings (SSSR count). The third-order valence-corrected chi connectivity index (χ3v) is 9.16. The first-order valence-corrected chi connectivity index (χ1v) is 14.1. The van der Waals surface area contributed by atoms with Gasteiger partial charge in [0.2, 0.25) is 5.91 Å². The number of carbonyl (C=O) groups is 3. The second kappa shape index (κ2) is 17.6. The van der Waals surface area contributed by atoms with Gasteiger partial charge in [0.15, 0.2) is 0 Å². The van der Waals surface area contributed by atoms with Gasteiger partial charge in [-0.25, -0.2) is 4.79 Å². The summed E-state index contributed by atoms with van der Waals surface area (Å²) in [5.41, 5.74) is 0. The molecule has 4 N–H and O–H groups in total. The molecule has 0 aliphatic rings. The lowest BCUT2D eigenvalue weighted by atomic mass is 10.1. The van der Waals surface area contributed by atoms with E-state index in [1.54, 1.807) is 39.4 Å². The molecule has 164 valence electrons. The molecule has 0 fully saturated rings. The van der Waals surface area contributed by atoms with Gasteiger partial charge >= 0.3 is 11.9 Å². The van der Waals surface area contributed by atoms with Crippen LogP contribution >= 0.6 is 43.2 Å². The highest BCUT2D eigenvalue weighted by Gasteiger charge is 2.19. The summed E-state index contributed by atoms with van der Waals surface area (Å²) < 4.78 is 0. The van der Waals surface area contributed by atoms with Gasteiger partial charge < -0.3 is 20.8 Å². The molecule has 28 heavy (non-hydrogen) atoms. The molecule has 1 amide bonds. The average Bonchev–Trinajstić information content (AvgIpc) is 2.62. The van der Waals surface area contributed by atoms with Gasteiger partial charge in [0.05, 0.1) is 0 Å². The Morgan fingerprint density at radius 2 is 1.57 bits per heavy atom. The normalized spacial score (nSPS) is 14.2. The van der Waals surface area contributed by atoms with Gasteiger partial charge in [0.25, 0.3) is 0 Å². The van der Waals surface area contributed by atoms with E-state index < -0.39 is 24.0 Å². The number of unbranched alkanes of at least 4 members (excludes halogenated alkanes) is 2. The Morgan fingerprint density at radius 1 is 0.929 bits per heavy atom. The first-order valence-electron chi connectivity index (χ1n) is 9.24. The van der Waals surface area contributed by atoms with Crippen LogP contribution in [0.1, 0.15) is 46.0 Å². The summed E-state index contributed by atoms with van der Waals surface area (Å²) in [6.07, 6.45) is 5.58. The van der Waals surface area contributed by atoms with Crippen molar-refractivity contribution in [2.24, 2.45) is 0 Å². The van der Waals surface area contributed by atoms with Crippen molar-refractivity contribution in [2.75, 3.05) is 24.3 Å². The maximum Gasteiger partial charge on any atom is 0.327 e. The number of hydrogen-bond acceptors (Lipinski definition) is 8. The van der Waals surface area contributed by atoms with E-state index in [-0.39, 0.29) is 5.91 Å². The fraction of sp³-hybridized carbons (Fsp3) is 0.824. The lowest BCUT2D eigenvalue weighted by Crippen LogP contribution is -2.41. The smallest absolute Gasteiger partial charge is 0.327 e. The van der Waals surface area contributed by atoms with Crippen molar-refractivity contribution < 1.29 is 24.6 Å². The lowest BCUT2D eigenvalue weighted by molar-refractivity contribution is -0.141. The average molecular weight is 473 g/mol. The van der Waals surface area contributed by atoms with Crippen molar-refractivity contribution in [3.63, 3.8) is 0 Å². The largest absolute Gasteiger partial charge is 0.480 e. The fourth-order valence-corrected chi connectivity index (χ4v) is 7.56. The SMILES string of the molecule is CCCCCC(CCSSCC(NC(C)=O)C(=O)O)SSCC(NC)C(=O)O. The van der Waals surface area contributed by atoms with Crippen LogP contribution in [-0.2, 0) is 14.4 Å². The molecule has 0 aromatic carbocycles. The number of amides is 1. The van der Waals surface area contributed by atoms with Crippen LogP contribution in [0.3, 0.4) is 0 Å². The minimum Gasteiger partial charge on any atom is -0.480 e. The van der Waals surface area contributed by atoms with Gasteiger partial charge in [-0.15, -0.1) is 0 Å². The number of carboxylic acids is 2. The summed E-state index contributed by atoms with van der Waals surface area (Å²) in [5, 5.41) is 23.9. The Balaban J connectivity index is 4.24. The van der Waals surface area contributed by atoms with Gasteiger partial charge in [0.1, 0.15) is 12.1 Å². The number of carbonyl (C=O) groups excluding carboxylic acids is 1. The number of nitrogens with one attached hydrogen (secondary N) is 2. The zero-order valence-corrected chi connectivity index (χ0v) is 19.9. The molecular weight excluding hydrogens is 440 g/mol. The number of hydrogen-bond donors (Lipinski definition) is 4. The number of aliphatic carboxylic acids is 2. The highest BCUT2D eigenvalue weighted by Crippen LogP contribution is 2.35. The van der Waals surface area contributed by atoms with Crippen LogP contribution in [0, 0.1) is 0 Å². The second-order valence-electron chi connectivity index (χ2n) is 6.16. The molecule has 0 radical (unpaired) electrons. The van der Waals surface area contributed by atoms with Crippen LogP contribution in [-0.4, -0.2) is 69.7 Å². The van der Waals surface area contributed by atoms with E-state index in [9.17, 15) is 14.4 Å². The third-order valence-electron chi connectivity index (χ3n) is 3.73. The van der Waals surface area contributed by atoms with Crippen molar-refractivity contribution in [2.45, 2.75) is 63.3 Å². The van der Waals surface area contributed by atoms with Crippen molar-refractivity contribution in [3.8, 4) is 0 Å². The predicted octanol–water partition coefficient (Wildman–Crippen LogP) is 3.35. The summed E-state index contributed by atoms with van der Waals surface area (Å²) in [6.45, 7) is 3.48. The summed E-state index contributed by atoms with van der Waals surface area (Å²) in [7, 11) is 8.07. The Bertz CT molecular complexity index is 471. The minimum atomic E-state index is -1.02. The molecule has 11 heteroatoms. The minimum absolute atomic E-state index is 0.324. The zero-order valence-electron chi connectivity index (χ0n) is 16.6. The molecule has 3 unspecified atom stereocenters. The van der Waals surface area contributed by atoms with Gasteiger partial charge in [0, 0.05) is 29.4 Å². The summed E-state index contributed by atoms with van der Waals surface area (Å²) >= 11 is 0. The van der Waals surface area contributed by atoms with Crippen LogP contribution in [0.2, 0.25) is 0 Å². The van der Waals surface area contributed by atoms with Crippen molar-refractivity contribution in [1.29, 1.82) is 0 Å². The molecule has 0 saturated heterocycles. The highest BCUT2D eigenvalue weighted by molar-refractivity contribution is 8.77. The number of carboxylic acid groups (broad SMARTS) is 2. The summed E-state index contributed by atoms with van der Waals surface area (Å²) in [5.74, 6) is -0.481. The van der Waals surface area contributed by atoms with Crippen molar-refractivity contribution in [1.82, 2.24) is 10.6 Å². The van der Waals surface area contributed by atoms with Crippen LogP contribution in [0.15, 0.2) is 0 Å². The van der Waals surface area contributed by atoms with Crippen LogP contribution in [0.5, 0.6) is 0 Å². The van der Waals surface area contributed by atoms with Crippen molar-refractivity contribution in [3.05, 3.63) is 0 Å². The molecule has 0 spiro atoms. The summed E-state index contributed by atoms with van der Waals surface area (Å²) in [6, 6.07) is -1.41. The predicted molar refractivity (Wildman–Crippen MR) is 123 cm³/mol. The van der Waals surface area contributed by atoms with E-state index in [4.69, 9.17) is 10.2 Å². The zero-order chi connectivity index (χ0) is 21.4. The third kappa shape index (κ3) is 14.7. The van der Waals surface area contributed by atoms with E-state index in [0.717, 1.165) is 31.4 Å². The molecule has 0 aromatic heterocycles.